The van der Waals surface area contributed by atoms with Gasteiger partial charge < -0.3 is 5.32 Å². The Morgan fingerprint density at radius 1 is 1.33 bits per heavy atom. The van der Waals surface area contributed by atoms with Crippen molar-refractivity contribution in [1.29, 1.82) is 0 Å². The van der Waals surface area contributed by atoms with Gasteiger partial charge in [0.2, 0.25) is 0 Å². The van der Waals surface area contributed by atoms with Crippen LogP contribution >= 0.6 is 11.3 Å². The highest BCUT2D eigenvalue weighted by molar-refractivity contribution is 7.15. The van der Waals surface area contributed by atoms with Crippen LogP contribution in [0.5, 0.6) is 0 Å². The van der Waals surface area contributed by atoms with Crippen LogP contribution in [0, 0.1) is 5.92 Å². The number of hydrogen-bond donors (Lipinski definition) is 1. The van der Waals surface area contributed by atoms with Gasteiger partial charge in [0.15, 0.2) is 10.7 Å². The number of nitrogens with zero attached hydrogens (tertiary/aromatic N) is 2. The molecule has 1 aliphatic rings. The van der Waals surface area contributed by atoms with E-state index in [0.717, 1.165) is 22.8 Å². The molecular formula is C16H15N3OS. The van der Waals surface area contributed by atoms with Crippen LogP contribution < -0.4 is 5.32 Å². The Labute approximate surface area is 126 Å². The first-order valence-corrected chi connectivity index (χ1v) is 8.00. The summed E-state index contributed by atoms with van der Waals surface area (Å²) in [5.74, 6) is 0.592. The second-order valence-corrected chi connectivity index (χ2v) is 6.26. The first-order chi connectivity index (χ1) is 10.3. The van der Waals surface area contributed by atoms with Crippen LogP contribution in [0.1, 0.15) is 23.3 Å². The summed E-state index contributed by atoms with van der Waals surface area (Å²) in [5.41, 5.74) is 2.41. The fourth-order valence-electron chi connectivity index (χ4n) is 2.46. The van der Waals surface area contributed by atoms with Gasteiger partial charge in [-0.25, -0.2) is 4.98 Å². The number of hydrogen-bond acceptors (Lipinski definition) is 3. The van der Waals surface area contributed by atoms with E-state index in [0.29, 0.717) is 11.6 Å². The summed E-state index contributed by atoms with van der Waals surface area (Å²) < 4.78 is 1.99. The van der Waals surface area contributed by atoms with Crippen LogP contribution in [0.4, 0.5) is 0 Å². The van der Waals surface area contributed by atoms with Crippen molar-refractivity contribution in [2.24, 2.45) is 5.92 Å². The topological polar surface area (TPSA) is 46.4 Å². The number of carbonyl (C=O) groups is 1. The van der Waals surface area contributed by atoms with E-state index in [4.69, 9.17) is 0 Å². The molecular weight excluding hydrogens is 282 g/mol. The zero-order valence-electron chi connectivity index (χ0n) is 11.5. The van der Waals surface area contributed by atoms with Gasteiger partial charge in [0.25, 0.3) is 5.91 Å². The number of aromatic nitrogens is 2. The Morgan fingerprint density at radius 2 is 2.14 bits per heavy atom. The Morgan fingerprint density at radius 3 is 2.90 bits per heavy atom. The zero-order valence-corrected chi connectivity index (χ0v) is 12.3. The standard InChI is InChI=1S/C16H15N3OS/c20-15(17-10-11-6-7-11)13-14(12-4-2-1-3-5-12)19-8-9-21-16(19)18-13/h1-5,8-9,11H,6-7,10H2,(H,17,20). The van der Waals surface area contributed by atoms with E-state index < -0.39 is 0 Å². The molecule has 1 amide bonds. The molecule has 0 aliphatic heterocycles. The third-order valence-electron chi connectivity index (χ3n) is 3.77. The van der Waals surface area contributed by atoms with Crippen LogP contribution in [-0.4, -0.2) is 21.8 Å². The lowest BCUT2D eigenvalue weighted by Gasteiger charge is -2.05. The normalized spacial score (nSPS) is 14.5. The number of carbonyl (C=O) groups excluding carboxylic acids is 1. The average molecular weight is 297 g/mol. The van der Waals surface area contributed by atoms with Crippen LogP contribution in [0.2, 0.25) is 0 Å². The fourth-order valence-corrected chi connectivity index (χ4v) is 3.17. The molecule has 5 heteroatoms. The maximum absolute atomic E-state index is 12.5. The van der Waals surface area contributed by atoms with Gasteiger partial charge in [-0.05, 0) is 18.8 Å². The molecule has 4 nitrogen and oxygen atoms in total. The van der Waals surface area contributed by atoms with Crippen LogP contribution in [0.3, 0.4) is 0 Å². The highest BCUT2D eigenvalue weighted by Gasteiger charge is 2.25. The Bertz CT molecular complexity index is 786. The number of fused-ring (bicyclic) bond motifs is 1. The minimum atomic E-state index is -0.0725. The van der Waals surface area contributed by atoms with Crippen molar-refractivity contribution in [3.63, 3.8) is 0 Å². The first kappa shape index (κ1) is 12.6. The lowest BCUT2D eigenvalue weighted by Crippen LogP contribution is -2.26. The molecule has 2 heterocycles. The van der Waals surface area contributed by atoms with Crippen molar-refractivity contribution in [1.82, 2.24) is 14.7 Å². The molecule has 1 aromatic carbocycles. The summed E-state index contributed by atoms with van der Waals surface area (Å²) in [5, 5.41) is 5.00. The van der Waals surface area contributed by atoms with E-state index >= 15 is 0 Å². The second-order valence-electron chi connectivity index (χ2n) is 5.38. The van der Waals surface area contributed by atoms with Crippen molar-refractivity contribution in [2.45, 2.75) is 12.8 Å². The van der Waals surface area contributed by atoms with Crippen LogP contribution in [-0.2, 0) is 0 Å². The highest BCUT2D eigenvalue weighted by Crippen LogP contribution is 2.29. The largest absolute Gasteiger partial charge is 0.350 e. The Kier molecular flexibility index (Phi) is 3.00. The number of imidazole rings is 1. The molecule has 1 saturated carbocycles. The van der Waals surface area contributed by atoms with Crippen molar-refractivity contribution in [2.75, 3.05) is 6.54 Å². The van der Waals surface area contributed by atoms with Crippen LogP contribution in [0.15, 0.2) is 41.9 Å². The highest BCUT2D eigenvalue weighted by atomic mass is 32.1. The van der Waals surface area contributed by atoms with E-state index in [1.165, 1.54) is 12.8 Å². The predicted octanol–water partition coefficient (Wildman–Crippen LogP) is 3.20. The molecule has 21 heavy (non-hydrogen) atoms. The molecule has 0 spiro atoms. The number of nitrogens with one attached hydrogen (secondary N) is 1. The number of amides is 1. The summed E-state index contributed by atoms with van der Waals surface area (Å²) in [6.07, 6.45) is 4.42. The molecule has 1 aliphatic carbocycles. The van der Waals surface area contributed by atoms with E-state index in [9.17, 15) is 4.79 Å². The molecule has 0 radical (unpaired) electrons. The number of thiazole rings is 1. The first-order valence-electron chi connectivity index (χ1n) is 7.12. The minimum absolute atomic E-state index is 0.0725. The second kappa shape index (κ2) is 5.00. The van der Waals surface area contributed by atoms with Gasteiger partial charge in [-0.3, -0.25) is 9.20 Å². The molecule has 2 aromatic heterocycles. The third kappa shape index (κ3) is 2.34. The molecule has 0 atom stereocenters. The van der Waals surface area contributed by atoms with Gasteiger partial charge >= 0.3 is 0 Å². The quantitative estimate of drug-likeness (QED) is 0.804. The van der Waals surface area contributed by atoms with Crippen LogP contribution in [0.25, 0.3) is 16.2 Å². The summed E-state index contributed by atoms with van der Waals surface area (Å²) in [7, 11) is 0. The van der Waals surface area contributed by atoms with Crippen molar-refractivity contribution in [3.8, 4) is 11.3 Å². The molecule has 3 aromatic rings. The Balaban J connectivity index is 1.76. The van der Waals surface area contributed by atoms with Gasteiger partial charge in [0.1, 0.15) is 0 Å². The summed E-state index contributed by atoms with van der Waals surface area (Å²) >= 11 is 1.54. The maximum atomic E-state index is 12.5. The van der Waals surface area contributed by atoms with Gasteiger partial charge in [0, 0.05) is 23.7 Å². The molecule has 106 valence electrons. The molecule has 4 rings (SSSR count). The molecule has 0 saturated heterocycles. The minimum Gasteiger partial charge on any atom is -0.350 e. The van der Waals surface area contributed by atoms with Crippen molar-refractivity contribution in [3.05, 3.63) is 47.6 Å². The average Bonchev–Trinajstić information content (AvgIpc) is 3.11. The van der Waals surface area contributed by atoms with E-state index in [-0.39, 0.29) is 5.91 Å². The smallest absolute Gasteiger partial charge is 0.272 e. The maximum Gasteiger partial charge on any atom is 0.272 e. The lowest BCUT2D eigenvalue weighted by molar-refractivity contribution is 0.0948. The van der Waals surface area contributed by atoms with Crippen molar-refractivity contribution >= 4 is 22.2 Å². The Hall–Kier alpha value is -2.14. The lowest BCUT2D eigenvalue weighted by atomic mass is 10.1. The molecule has 0 bridgehead atoms. The van der Waals surface area contributed by atoms with E-state index in [1.807, 2.05) is 46.3 Å². The molecule has 1 N–H and O–H groups in total. The summed E-state index contributed by atoms with van der Waals surface area (Å²) in [6.45, 7) is 0.762. The van der Waals surface area contributed by atoms with Gasteiger partial charge in [-0.15, -0.1) is 11.3 Å². The summed E-state index contributed by atoms with van der Waals surface area (Å²) in [4.78, 5) is 17.8. The van der Waals surface area contributed by atoms with Gasteiger partial charge in [-0.1, -0.05) is 30.3 Å². The van der Waals surface area contributed by atoms with E-state index in [1.54, 1.807) is 11.3 Å². The van der Waals surface area contributed by atoms with Crippen molar-refractivity contribution < 1.29 is 4.79 Å². The number of rotatable bonds is 4. The van der Waals surface area contributed by atoms with Gasteiger partial charge in [-0.2, -0.15) is 0 Å². The van der Waals surface area contributed by atoms with E-state index in [2.05, 4.69) is 10.3 Å². The van der Waals surface area contributed by atoms with Gasteiger partial charge in [0.05, 0.1) is 5.69 Å². The fraction of sp³-hybridized carbons (Fsp3) is 0.250. The molecule has 0 unspecified atom stereocenters. The summed E-state index contributed by atoms with van der Waals surface area (Å²) in [6, 6.07) is 9.96. The number of benzene rings is 1. The monoisotopic (exact) mass is 297 g/mol. The third-order valence-corrected chi connectivity index (χ3v) is 4.53. The molecule has 1 fully saturated rings. The predicted molar refractivity (Wildman–Crippen MR) is 83.6 cm³/mol. The SMILES string of the molecule is O=C(NCC1CC1)c1nc2sccn2c1-c1ccccc1. The zero-order chi connectivity index (χ0) is 14.2.